The molecular formula is C18H37NO2. The summed E-state index contributed by atoms with van der Waals surface area (Å²) in [6, 6.07) is 0. The van der Waals surface area contributed by atoms with Crippen molar-refractivity contribution >= 4 is 5.97 Å². The Labute approximate surface area is 132 Å². The van der Waals surface area contributed by atoms with Gasteiger partial charge in [-0.3, -0.25) is 0 Å². The molecule has 0 heterocycles. The Hall–Kier alpha value is -0.830. The highest BCUT2D eigenvalue weighted by atomic mass is 16.5. The maximum Gasteiger partial charge on any atom is 0.333 e. The maximum atomic E-state index is 11.4. The van der Waals surface area contributed by atoms with Gasteiger partial charge in [-0.15, -0.1) is 0 Å². The smallest absolute Gasteiger partial charge is 0.333 e. The molecule has 0 unspecified atom stereocenters. The van der Waals surface area contributed by atoms with Crippen LogP contribution in [-0.4, -0.2) is 13.1 Å². The molecule has 0 atom stereocenters. The first-order valence-corrected chi connectivity index (χ1v) is 8.38. The van der Waals surface area contributed by atoms with Crippen LogP contribution in [0.5, 0.6) is 0 Å². The van der Waals surface area contributed by atoms with Gasteiger partial charge in [-0.05, 0) is 26.7 Å². The van der Waals surface area contributed by atoms with Gasteiger partial charge in [0.15, 0.2) is 0 Å². The summed E-state index contributed by atoms with van der Waals surface area (Å²) >= 11 is 0. The van der Waals surface area contributed by atoms with E-state index >= 15 is 0 Å². The second-order valence-corrected chi connectivity index (χ2v) is 5.83. The van der Waals surface area contributed by atoms with Crippen molar-refractivity contribution < 1.29 is 9.53 Å². The molecule has 0 spiro atoms. The summed E-state index contributed by atoms with van der Waals surface area (Å²) in [7, 11) is 1.44. The Bertz CT molecular complexity index is 285. The molecule has 0 aliphatic rings. The fraction of sp³-hybridized carbons (Fsp3) is 0.833. The van der Waals surface area contributed by atoms with Crippen molar-refractivity contribution in [3.8, 4) is 0 Å². The van der Waals surface area contributed by atoms with E-state index in [9.17, 15) is 4.79 Å². The normalized spacial score (nSPS) is 11.6. The van der Waals surface area contributed by atoms with Crippen LogP contribution in [0.25, 0.3) is 0 Å². The Morgan fingerprint density at radius 1 is 0.810 bits per heavy atom. The lowest BCUT2D eigenvalue weighted by molar-refractivity contribution is -0.136. The first-order valence-electron chi connectivity index (χ1n) is 8.38. The molecular weight excluding hydrogens is 262 g/mol. The SMILES string of the molecule is CCCCCCCCCCCCC(C)=C(C)C(=O)OC.N. The zero-order valence-electron chi connectivity index (χ0n) is 14.8. The molecule has 0 aliphatic heterocycles. The average Bonchev–Trinajstić information content (AvgIpc) is 2.47. The minimum Gasteiger partial charge on any atom is -0.466 e. The molecule has 126 valence electrons. The standard InChI is InChI=1S/C18H34O2.H3N/c1-5-6-7-8-9-10-11-12-13-14-15-16(2)17(3)18(19)20-4;/h5-15H2,1-4H3;1H3. The number of allylic oxidation sites excluding steroid dienone is 1. The molecule has 3 N–H and O–H groups in total. The molecule has 0 amide bonds. The van der Waals surface area contributed by atoms with E-state index in [4.69, 9.17) is 4.74 Å². The summed E-state index contributed by atoms with van der Waals surface area (Å²) in [6.45, 7) is 6.16. The van der Waals surface area contributed by atoms with Crippen molar-refractivity contribution in [1.82, 2.24) is 6.15 Å². The second kappa shape index (κ2) is 15.6. The minimum atomic E-state index is -0.186. The van der Waals surface area contributed by atoms with Crippen LogP contribution in [-0.2, 0) is 9.53 Å². The van der Waals surface area contributed by atoms with E-state index < -0.39 is 0 Å². The molecule has 0 aromatic heterocycles. The molecule has 0 saturated heterocycles. The number of hydrogen-bond donors (Lipinski definition) is 1. The lowest BCUT2D eigenvalue weighted by Crippen LogP contribution is -2.03. The fourth-order valence-corrected chi connectivity index (χ4v) is 2.39. The van der Waals surface area contributed by atoms with Crippen LogP contribution < -0.4 is 6.15 Å². The van der Waals surface area contributed by atoms with Crippen LogP contribution in [0.15, 0.2) is 11.1 Å². The summed E-state index contributed by atoms with van der Waals surface area (Å²) in [4.78, 5) is 11.4. The van der Waals surface area contributed by atoms with Crippen LogP contribution in [0, 0.1) is 0 Å². The zero-order chi connectivity index (χ0) is 15.2. The van der Waals surface area contributed by atoms with E-state index in [1.807, 2.05) is 13.8 Å². The van der Waals surface area contributed by atoms with E-state index in [1.54, 1.807) is 0 Å². The van der Waals surface area contributed by atoms with Crippen LogP contribution in [0.4, 0.5) is 0 Å². The van der Waals surface area contributed by atoms with Crippen LogP contribution in [0.3, 0.4) is 0 Å². The van der Waals surface area contributed by atoms with Gasteiger partial charge in [0.25, 0.3) is 0 Å². The maximum absolute atomic E-state index is 11.4. The van der Waals surface area contributed by atoms with Gasteiger partial charge < -0.3 is 10.9 Å². The summed E-state index contributed by atoms with van der Waals surface area (Å²) in [5, 5.41) is 0. The molecule has 0 fully saturated rings. The van der Waals surface area contributed by atoms with Gasteiger partial charge in [-0.2, -0.15) is 0 Å². The van der Waals surface area contributed by atoms with E-state index in [2.05, 4.69) is 6.92 Å². The van der Waals surface area contributed by atoms with E-state index in [0.29, 0.717) is 0 Å². The van der Waals surface area contributed by atoms with Crippen molar-refractivity contribution in [3.63, 3.8) is 0 Å². The Morgan fingerprint density at radius 2 is 1.24 bits per heavy atom. The fourth-order valence-electron chi connectivity index (χ4n) is 2.39. The number of carbonyl (C=O) groups is 1. The van der Waals surface area contributed by atoms with Crippen LogP contribution in [0.1, 0.15) is 91.4 Å². The number of unbranched alkanes of at least 4 members (excludes halogenated alkanes) is 9. The second-order valence-electron chi connectivity index (χ2n) is 5.83. The molecule has 0 aliphatic carbocycles. The molecule has 3 nitrogen and oxygen atoms in total. The predicted octanol–water partition coefficient (Wildman–Crippen LogP) is 5.97. The molecule has 0 bridgehead atoms. The highest BCUT2D eigenvalue weighted by Gasteiger charge is 2.06. The topological polar surface area (TPSA) is 61.3 Å². The Balaban J connectivity index is 0. The lowest BCUT2D eigenvalue weighted by Gasteiger charge is -2.06. The summed E-state index contributed by atoms with van der Waals surface area (Å²) in [6.07, 6.45) is 14.5. The monoisotopic (exact) mass is 299 g/mol. The number of rotatable bonds is 12. The highest BCUT2D eigenvalue weighted by Crippen LogP contribution is 2.16. The van der Waals surface area contributed by atoms with Gasteiger partial charge in [0.1, 0.15) is 0 Å². The summed E-state index contributed by atoms with van der Waals surface area (Å²) in [5.41, 5.74) is 1.96. The molecule has 0 radical (unpaired) electrons. The van der Waals surface area contributed by atoms with Gasteiger partial charge in [0, 0.05) is 5.57 Å². The van der Waals surface area contributed by atoms with Gasteiger partial charge in [-0.25, -0.2) is 4.79 Å². The van der Waals surface area contributed by atoms with E-state index in [-0.39, 0.29) is 12.1 Å². The summed E-state index contributed by atoms with van der Waals surface area (Å²) in [5.74, 6) is -0.186. The van der Waals surface area contributed by atoms with Crippen LogP contribution in [0.2, 0.25) is 0 Å². The van der Waals surface area contributed by atoms with Gasteiger partial charge in [0.05, 0.1) is 7.11 Å². The first kappa shape index (κ1) is 22.5. The lowest BCUT2D eigenvalue weighted by atomic mass is 10.0. The Morgan fingerprint density at radius 3 is 1.67 bits per heavy atom. The number of methoxy groups -OCH3 is 1. The first-order chi connectivity index (χ1) is 9.63. The average molecular weight is 299 g/mol. The summed E-state index contributed by atoms with van der Waals surface area (Å²) < 4.78 is 4.74. The molecule has 21 heavy (non-hydrogen) atoms. The number of ether oxygens (including phenoxy) is 1. The quantitative estimate of drug-likeness (QED) is 0.274. The van der Waals surface area contributed by atoms with Crippen molar-refractivity contribution in [2.45, 2.75) is 91.4 Å². The zero-order valence-corrected chi connectivity index (χ0v) is 14.8. The third kappa shape index (κ3) is 12.6. The molecule has 0 aromatic carbocycles. The Kier molecular flexibility index (Phi) is 16.6. The van der Waals surface area contributed by atoms with Crippen molar-refractivity contribution in [2.75, 3.05) is 7.11 Å². The molecule has 0 saturated carbocycles. The number of carbonyl (C=O) groups excluding carboxylic acids is 1. The number of esters is 1. The molecule has 0 rings (SSSR count). The number of hydrogen-bond acceptors (Lipinski definition) is 3. The van der Waals surface area contributed by atoms with Crippen molar-refractivity contribution in [3.05, 3.63) is 11.1 Å². The van der Waals surface area contributed by atoms with E-state index in [1.165, 1.54) is 76.9 Å². The van der Waals surface area contributed by atoms with Crippen molar-refractivity contribution in [1.29, 1.82) is 0 Å². The highest BCUT2D eigenvalue weighted by molar-refractivity contribution is 5.88. The van der Waals surface area contributed by atoms with E-state index in [0.717, 1.165) is 12.0 Å². The van der Waals surface area contributed by atoms with Gasteiger partial charge >= 0.3 is 5.97 Å². The third-order valence-corrected chi connectivity index (χ3v) is 4.04. The molecule has 3 heteroatoms. The largest absolute Gasteiger partial charge is 0.466 e. The third-order valence-electron chi connectivity index (χ3n) is 4.04. The van der Waals surface area contributed by atoms with Gasteiger partial charge in [0.2, 0.25) is 0 Å². The van der Waals surface area contributed by atoms with Crippen molar-refractivity contribution in [2.24, 2.45) is 0 Å². The predicted molar refractivity (Wildman–Crippen MR) is 91.9 cm³/mol. The van der Waals surface area contributed by atoms with Gasteiger partial charge in [-0.1, -0.05) is 70.3 Å². The minimum absolute atomic E-state index is 0. The van der Waals surface area contributed by atoms with Crippen LogP contribution >= 0.6 is 0 Å². The molecule has 0 aromatic rings.